The number of fused-ring (bicyclic) bond motifs is 1. The minimum atomic E-state index is 0.347. The van der Waals surface area contributed by atoms with Crippen LogP contribution in [0.4, 0.5) is 5.95 Å². The van der Waals surface area contributed by atoms with E-state index in [2.05, 4.69) is 38.8 Å². The molecule has 0 amide bonds. The predicted molar refractivity (Wildman–Crippen MR) is 91.7 cm³/mol. The van der Waals surface area contributed by atoms with Crippen LogP contribution in [0.1, 0.15) is 18.5 Å². The van der Waals surface area contributed by atoms with Gasteiger partial charge in [-0.15, -0.1) is 0 Å². The number of ether oxygens (including phenoxy) is 2. The average molecular weight is 326 g/mol. The average Bonchev–Trinajstić information content (AvgIpc) is 2.68. The van der Waals surface area contributed by atoms with Crippen LogP contribution in [0.3, 0.4) is 0 Å². The standard InChI is InChI=1S/C18H22N4O2/c1-14(15-3-4-16-17(13-15)24-12-11-23-16)21-7-9-22(10-8-21)18-19-5-2-6-20-18/h2-6,13-14H,7-12H2,1H3. The van der Waals surface area contributed by atoms with Crippen LogP contribution in [0, 0.1) is 0 Å². The minimum Gasteiger partial charge on any atom is -0.486 e. The Hall–Kier alpha value is -2.34. The minimum absolute atomic E-state index is 0.347. The van der Waals surface area contributed by atoms with Gasteiger partial charge in [-0.05, 0) is 30.7 Å². The van der Waals surface area contributed by atoms with Crippen LogP contribution in [0.15, 0.2) is 36.7 Å². The Bertz CT molecular complexity index is 687. The number of benzene rings is 1. The summed E-state index contributed by atoms with van der Waals surface area (Å²) >= 11 is 0. The van der Waals surface area contributed by atoms with Crippen LogP contribution in [-0.4, -0.2) is 54.3 Å². The van der Waals surface area contributed by atoms with Gasteiger partial charge in [-0.2, -0.15) is 0 Å². The summed E-state index contributed by atoms with van der Waals surface area (Å²) in [6, 6.07) is 8.48. The van der Waals surface area contributed by atoms with Crippen LogP contribution in [0.25, 0.3) is 0 Å². The first-order valence-electron chi connectivity index (χ1n) is 8.47. The molecule has 126 valence electrons. The summed E-state index contributed by atoms with van der Waals surface area (Å²) in [5, 5.41) is 0. The van der Waals surface area contributed by atoms with Gasteiger partial charge < -0.3 is 14.4 Å². The van der Waals surface area contributed by atoms with Crippen LogP contribution < -0.4 is 14.4 Å². The van der Waals surface area contributed by atoms with Crippen molar-refractivity contribution < 1.29 is 9.47 Å². The Morgan fingerprint density at radius 1 is 0.958 bits per heavy atom. The molecule has 0 spiro atoms. The molecule has 3 heterocycles. The van der Waals surface area contributed by atoms with Crippen LogP contribution >= 0.6 is 0 Å². The molecule has 0 aliphatic carbocycles. The van der Waals surface area contributed by atoms with Gasteiger partial charge in [-0.1, -0.05) is 6.07 Å². The van der Waals surface area contributed by atoms with Crippen molar-refractivity contribution in [1.29, 1.82) is 0 Å². The van der Waals surface area contributed by atoms with Gasteiger partial charge in [0.2, 0.25) is 5.95 Å². The zero-order valence-corrected chi connectivity index (χ0v) is 13.9. The Labute approximate surface area is 142 Å². The Morgan fingerprint density at radius 2 is 1.67 bits per heavy atom. The number of aromatic nitrogens is 2. The highest BCUT2D eigenvalue weighted by molar-refractivity contribution is 5.44. The van der Waals surface area contributed by atoms with Gasteiger partial charge in [0.05, 0.1) is 0 Å². The fourth-order valence-corrected chi connectivity index (χ4v) is 3.29. The van der Waals surface area contributed by atoms with Crippen LogP contribution in [0.5, 0.6) is 11.5 Å². The lowest BCUT2D eigenvalue weighted by atomic mass is 10.1. The molecule has 2 aliphatic heterocycles. The maximum atomic E-state index is 5.71. The molecular weight excluding hydrogens is 304 g/mol. The van der Waals surface area contributed by atoms with Crippen molar-refractivity contribution in [3.63, 3.8) is 0 Å². The van der Waals surface area contributed by atoms with E-state index in [1.807, 2.05) is 12.1 Å². The fourth-order valence-electron chi connectivity index (χ4n) is 3.29. The number of nitrogens with zero attached hydrogens (tertiary/aromatic N) is 4. The van der Waals surface area contributed by atoms with Gasteiger partial charge in [0.25, 0.3) is 0 Å². The molecule has 1 atom stereocenters. The number of hydrogen-bond donors (Lipinski definition) is 0. The second-order valence-electron chi connectivity index (χ2n) is 6.15. The molecule has 6 heteroatoms. The molecule has 1 fully saturated rings. The zero-order valence-electron chi connectivity index (χ0n) is 13.9. The molecule has 1 aromatic heterocycles. The van der Waals surface area contributed by atoms with Gasteiger partial charge >= 0.3 is 0 Å². The number of piperazine rings is 1. The third kappa shape index (κ3) is 3.01. The zero-order chi connectivity index (χ0) is 16.4. The van der Waals surface area contributed by atoms with Gasteiger partial charge in [-0.25, -0.2) is 9.97 Å². The van der Waals surface area contributed by atoms with Crippen molar-refractivity contribution >= 4 is 5.95 Å². The SMILES string of the molecule is CC(c1ccc2c(c1)OCCO2)N1CCN(c2ncccn2)CC1. The van der Waals surface area contributed by atoms with Gasteiger partial charge in [0, 0.05) is 44.6 Å². The molecule has 4 rings (SSSR count). The third-order valence-corrected chi connectivity index (χ3v) is 4.75. The molecule has 0 bridgehead atoms. The van der Waals surface area contributed by atoms with Crippen molar-refractivity contribution in [3.05, 3.63) is 42.2 Å². The van der Waals surface area contributed by atoms with Gasteiger partial charge in [0.1, 0.15) is 13.2 Å². The van der Waals surface area contributed by atoms with Crippen molar-refractivity contribution in [2.75, 3.05) is 44.3 Å². The van der Waals surface area contributed by atoms with E-state index in [1.54, 1.807) is 12.4 Å². The largest absolute Gasteiger partial charge is 0.486 e. The van der Waals surface area contributed by atoms with Crippen molar-refractivity contribution in [2.45, 2.75) is 13.0 Å². The topological polar surface area (TPSA) is 50.7 Å². The molecule has 24 heavy (non-hydrogen) atoms. The first-order chi connectivity index (χ1) is 11.8. The molecule has 1 saturated heterocycles. The van der Waals surface area contributed by atoms with Crippen LogP contribution in [0.2, 0.25) is 0 Å². The van der Waals surface area contributed by atoms with E-state index in [9.17, 15) is 0 Å². The third-order valence-electron chi connectivity index (χ3n) is 4.75. The highest BCUT2D eigenvalue weighted by Crippen LogP contribution is 2.34. The maximum absolute atomic E-state index is 5.71. The molecule has 1 aromatic carbocycles. The smallest absolute Gasteiger partial charge is 0.225 e. The summed E-state index contributed by atoms with van der Waals surface area (Å²) in [5.74, 6) is 2.54. The van der Waals surface area contributed by atoms with E-state index >= 15 is 0 Å². The van der Waals surface area contributed by atoms with Crippen molar-refractivity contribution in [3.8, 4) is 11.5 Å². The predicted octanol–water partition coefficient (Wildman–Crippen LogP) is 2.13. The highest BCUT2D eigenvalue weighted by atomic mass is 16.6. The maximum Gasteiger partial charge on any atom is 0.225 e. The quantitative estimate of drug-likeness (QED) is 0.861. The summed E-state index contributed by atoms with van der Waals surface area (Å²) in [6.45, 7) is 7.38. The van der Waals surface area contributed by atoms with E-state index in [0.29, 0.717) is 19.3 Å². The van der Waals surface area contributed by atoms with Crippen LogP contribution in [-0.2, 0) is 0 Å². The van der Waals surface area contributed by atoms with Crippen molar-refractivity contribution in [1.82, 2.24) is 14.9 Å². The lowest BCUT2D eigenvalue weighted by Gasteiger charge is -2.38. The molecule has 6 nitrogen and oxygen atoms in total. The molecular formula is C18H22N4O2. The monoisotopic (exact) mass is 326 g/mol. The van der Waals surface area contributed by atoms with E-state index in [4.69, 9.17) is 9.47 Å². The molecule has 0 saturated carbocycles. The first-order valence-corrected chi connectivity index (χ1v) is 8.47. The summed E-state index contributed by atoms with van der Waals surface area (Å²) in [4.78, 5) is 13.4. The Balaban J connectivity index is 1.42. The van der Waals surface area contributed by atoms with E-state index in [1.165, 1.54) is 5.56 Å². The second-order valence-corrected chi connectivity index (χ2v) is 6.15. The van der Waals surface area contributed by atoms with E-state index < -0.39 is 0 Å². The van der Waals surface area contributed by atoms with E-state index in [0.717, 1.165) is 43.6 Å². The first kappa shape index (κ1) is 15.2. The summed E-state index contributed by atoms with van der Waals surface area (Å²) in [6.07, 6.45) is 3.60. The molecule has 0 radical (unpaired) electrons. The number of hydrogen-bond acceptors (Lipinski definition) is 6. The molecule has 2 aliphatic rings. The molecule has 2 aromatic rings. The fraction of sp³-hybridized carbons (Fsp3) is 0.444. The van der Waals surface area contributed by atoms with Gasteiger partial charge in [0.15, 0.2) is 11.5 Å². The Morgan fingerprint density at radius 3 is 2.42 bits per heavy atom. The summed E-state index contributed by atoms with van der Waals surface area (Å²) < 4.78 is 11.3. The van der Waals surface area contributed by atoms with Crippen molar-refractivity contribution in [2.24, 2.45) is 0 Å². The second kappa shape index (κ2) is 6.65. The molecule has 1 unspecified atom stereocenters. The normalized spacial score (nSPS) is 19.1. The Kier molecular flexibility index (Phi) is 4.21. The number of rotatable bonds is 3. The summed E-state index contributed by atoms with van der Waals surface area (Å²) in [5.41, 5.74) is 1.27. The lowest BCUT2D eigenvalue weighted by Crippen LogP contribution is -2.47. The van der Waals surface area contributed by atoms with E-state index in [-0.39, 0.29) is 0 Å². The molecule has 0 N–H and O–H groups in total. The highest BCUT2D eigenvalue weighted by Gasteiger charge is 2.24. The summed E-state index contributed by atoms with van der Waals surface area (Å²) in [7, 11) is 0. The van der Waals surface area contributed by atoms with Gasteiger partial charge in [-0.3, -0.25) is 4.90 Å². The lowest BCUT2D eigenvalue weighted by molar-refractivity contribution is 0.169. The number of anilines is 1.